The molecule has 0 spiro atoms. The zero-order chi connectivity index (χ0) is 24.0. The third-order valence-electron chi connectivity index (χ3n) is 4.08. The van der Waals surface area contributed by atoms with E-state index >= 15 is 0 Å². The summed E-state index contributed by atoms with van der Waals surface area (Å²) in [6.45, 7) is 1.31. The Hall–Kier alpha value is -3.29. The Morgan fingerprint density at radius 3 is 2.58 bits per heavy atom. The molecule has 0 radical (unpaired) electrons. The first-order valence-electron chi connectivity index (χ1n) is 9.44. The molecule has 3 rings (SSSR count). The molecular weight excluding hydrogens is 488 g/mol. The van der Waals surface area contributed by atoms with E-state index in [0.717, 1.165) is 28.0 Å². The van der Waals surface area contributed by atoms with Crippen LogP contribution >= 0.6 is 35.3 Å². The molecule has 172 valence electrons. The number of para-hydroxylation sites is 1. The van der Waals surface area contributed by atoms with Crippen LogP contribution in [0.15, 0.2) is 40.6 Å². The Morgan fingerprint density at radius 1 is 1.18 bits per heavy atom. The summed E-state index contributed by atoms with van der Waals surface area (Å²) in [6, 6.07) is 8.30. The number of rotatable bonds is 7. The molecule has 2 heterocycles. The van der Waals surface area contributed by atoms with Gasteiger partial charge in [-0.2, -0.15) is 0 Å². The number of nitrogens with zero attached hydrogens (tertiary/aromatic N) is 2. The van der Waals surface area contributed by atoms with Gasteiger partial charge in [0.05, 0.1) is 24.3 Å². The topological polar surface area (TPSA) is 127 Å². The predicted molar refractivity (Wildman–Crippen MR) is 129 cm³/mol. The summed E-state index contributed by atoms with van der Waals surface area (Å²) in [5.41, 5.74) is 0.620. The minimum atomic E-state index is -0.776. The van der Waals surface area contributed by atoms with Crippen molar-refractivity contribution in [2.45, 2.75) is 6.92 Å². The fraction of sp³-hybridized carbons (Fsp3) is 0.200. The molecule has 1 fully saturated rings. The number of esters is 2. The number of carbonyl (C=O) groups is 4. The minimum Gasteiger partial charge on any atom is -0.468 e. The maximum absolute atomic E-state index is 12.9. The standard InChI is InChI=1S/C20H18N4O6S3/c1-3-30-17(27)14(15-16(26)24(20(31)33-15)9-13(25)29-2)12-10-32-19(22-12)23-18(28)21-11-7-5-4-6-8-11/h4-8,10H,3,9H2,1-2H3,(H2,21,22,23,28)/b15-14-. The highest BCUT2D eigenvalue weighted by Gasteiger charge is 2.39. The Balaban J connectivity index is 1.86. The lowest BCUT2D eigenvalue weighted by Crippen LogP contribution is -2.34. The number of thioether (sulfide) groups is 1. The summed E-state index contributed by atoms with van der Waals surface area (Å²) >= 11 is 7.12. The van der Waals surface area contributed by atoms with Gasteiger partial charge in [-0.1, -0.05) is 42.2 Å². The third kappa shape index (κ3) is 5.94. The smallest absolute Gasteiger partial charge is 0.341 e. The number of thiocarbonyl (C=S) groups is 1. The van der Waals surface area contributed by atoms with Crippen molar-refractivity contribution in [3.8, 4) is 0 Å². The van der Waals surface area contributed by atoms with Gasteiger partial charge >= 0.3 is 18.0 Å². The first-order chi connectivity index (χ1) is 15.8. The van der Waals surface area contributed by atoms with Crippen molar-refractivity contribution in [3.05, 3.63) is 46.3 Å². The number of urea groups is 1. The van der Waals surface area contributed by atoms with Crippen molar-refractivity contribution in [2.24, 2.45) is 0 Å². The number of methoxy groups -OCH3 is 1. The van der Waals surface area contributed by atoms with Gasteiger partial charge in [0.25, 0.3) is 5.91 Å². The summed E-state index contributed by atoms with van der Waals surface area (Å²) in [4.78, 5) is 54.8. The molecular formula is C20H18N4O6S3. The molecule has 1 aliphatic heterocycles. The summed E-state index contributed by atoms with van der Waals surface area (Å²) in [5.74, 6) is -2.07. The first-order valence-corrected chi connectivity index (χ1v) is 11.5. The van der Waals surface area contributed by atoms with E-state index in [1.165, 1.54) is 12.5 Å². The van der Waals surface area contributed by atoms with E-state index < -0.39 is 23.9 Å². The summed E-state index contributed by atoms with van der Waals surface area (Å²) in [5, 5.41) is 6.95. The quantitative estimate of drug-likeness (QED) is 0.331. The lowest BCUT2D eigenvalue weighted by atomic mass is 10.2. The second-order valence-electron chi connectivity index (χ2n) is 6.24. The van der Waals surface area contributed by atoms with Gasteiger partial charge in [-0.15, -0.1) is 11.3 Å². The van der Waals surface area contributed by atoms with Gasteiger partial charge in [-0.25, -0.2) is 14.6 Å². The van der Waals surface area contributed by atoms with Gasteiger partial charge in [-0.05, 0) is 19.1 Å². The average Bonchev–Trinajstić information content (AvgIpc) is 3.34. The molecule has 10 nitrogen and oxygen atoms in total. The van der Waals surface area contributed by atoms with Crippen LogP contribution in [0.5, 0.6) is 0 Å². The normalized spacial score (nSPS) is 14.7. The van der Waals surface area contributed by atoms with Gasteiger partial charge in [-0.3, -0.25) is 19.8 Å². The number of hydrogen-bond acceptors (Lipinski definition) is 10. The summed E-state index contributed by atoms with van der Waals surface area (Å²) in [7, 11) is 1.19. The third-order valence-corrected chi connectivity index (χ3v) is 6.29. The molecule has 2 N–H and O–H groups in total. The second-order valence-corrected chi connectivity index (χ2v) is 8.75. The molecule has 1 saturated heterocycles. The summed E-state index contributed by atoms with van der Waals surface area (Å²) < 4.78 is 9.80. The Bertz CT molecular complexity index is 1130. The van der Waals surface area contributed by atoms with Crippen LogP contribution < -0.4 is 10.6 Å². The van der Waals surface area contributed by atoms with Gasteiger partial charge in [0.2, 0.25) is 0 Å². The number of nitrogens with one attached hydrogen (secondary N) is 2. The van der Waals surface area contributed by atoms with Crippen molar-refractivity contribution < 1.29 is 28.7 Å². The number of ether oxygens (including phenoxy) is 2. The van der Waals surface area contributed by atoms with E-state index in [9.17, 15) is 19.2 Å². The van der Waals surface area contributed by atoms with Gasteiger partial charge in [0.15, 0.2) is 5.13 Å². The van der Waals surface area contributed by atoms with Crippen LogP contribution in [0.1, 0.15) is 12.6 Å². The van der Waals surface area contributed by atoms with E-state index in [1.54, 1.807) is 31.2 Å². The largest absolute Gasteiger partial charge is 0.468 e. The fourth-order valence-electron chi connectivity index (χ4n) is 2.62. The number of carbonyl (C=O) groups excluding carboxylic acids is 4. The maximum atomic E-state index is 12.9. The van der Waals surface area contributed by atoms with Gasteiger partial charge in [0.1, 0.15) is 16.4 Å². The van der Waals surface area contributed by atoms with Crippen molar-refractivity contribution in [2.75, 3.05) is 30.9 Å². The molecule has 2 aromatic rings. The van der Waals surface area contributed by atoms with Crippen LogP contribution in [-0.2, 0) is 23.9 Å². The lowest BCUT2D eigenvalue weighted by molar-refractivity contribution is -0.143. The van der Waals surface area contributed by atoms with Gasteiger partial charge in [0, 0.05) is 11.1 Å². The molecule has 3 amide bonds. The molecule has 0 unspecified atom stereocenters. The number of anilines is 2. The van der Waals surface area contributed by atoms with Crippen molar-refractivity contribution >= 4 is 79.9 Å². The number of aromatic nitrogens is 1. The Labute approximate surface area is 202 Å². The monoisotopic (exact) mass is 506 g/mol. The fourth-order valence-corrected chi connectivity index (χ4v) is 4.64. The first kappa shape index (κ1) is 24.4. The Morgan fingerprint density at radius 2 is 1.91 bits per heavy atom. The van der Waals surface area contributed by atoms with Gasteiger partial charge < -0.3 is 14.8 Å². The van der Waals surface area contributed by atoms with Crippen LogP contribution in [0.4, 0.5) is 15.6 Å². The number of amides is 3. The highest BCUT2D eigenvalue weighted by atomic mass is 32.2. The Kier molecular flexibility index (Phi) is 8.14. The molecule has 0 saturated carbocycles. The number of benzene rings is 1. The van der Waals surface area contributed by atoms with E-state index in [2.05, 4.69) is 20.4 Å². The SMILES string of the molecule is CCOC(=O)/C(=C1\SC(=S)N(CC(=O)OC)C1=O)c1csc(NC(=O)Nc2ccccc2)n1. The highest BCUT2D eigenvalue weighted by Crippen LogP contribution is 2.38. The molecule has 0 aliphatic carbocycles. The zero-order valence-electron chi connectivity index (χ0n) is 17.4. The molecule has 1 aliphatic rings. The van der Waals surface area contributed by atoms with Crippen LogP contribution in [0.25, 0.3) is 5.57 Å². The molecule has 13 heteroatoms. The van der Waals surface area contributed by atoms with Crippen molar-refractivity contribution in [1.29, 1.82) is 0 Å². The molecule has 0 atom stereocenters. The van der Waals surface area contributed by atoms with E-state index in [1.807, 2.05) is 6.07 Å². The molecule has 0 bridgehead atoms. The highest BCUT2D eigenvalue weighted by molar-refractivity contribution is 8.26. The summed E-state index contributed by atoms with van der Waals surface area (Å²) in [6.07, 6.45) is 0. The minimum absolute atomic E-state index is 0.0204. The van der Waals surface area contributed by atoms with Crippen molar-refractivity contribution in [1.82, 2.24) is 9.88 Å². The van der Waals surface area contributed by atoms with Crippen molar-refractivity contribution in [3.63, 3.8) is 0 Å². The number of thiazole rings is 1. The lowest BCUT2D eigenvalue weighted by Gasteiger charge is -2.12. The molecule has 1 aromatic carbocycles. The predicted octanol–water partition coefficient (Wildman–Crippen LogP) is 3.09. The van der Waals surface area contributed by atoms with Crippen LogP contribution in [0.2, 0.25) is 0 Å². The second kappa shape index (κ2) is 11.0. The molecule has 33 heavy (non-hydrogen) atoms. The molecule has 1 aromatic heterocycles. The van der Waals surface area contributed by atoms with Crippen LogP contribution in [0.3, 0.4) is 0 Å². The average molecular weight is 507 g/mol. The van der Waals surface area contributed by atoms with Crippen LogP contribution in [0, 0.1) is 0 Å². The van der Waals surface area contributed by atoms with E-state index in [0.29, 0.717) is 5.69 Å². The number of hydrogen-bond donors (Lipinski definition) is 2. The van der Waals surface area contributed by atoms with E-state index in [-0.39, 0.29) is 38.8 Å². The van der Waals surface area contributed by atoms with E-state index in [4.69, 9.17) is 17.0 Å². The zero-order valence-corrected chi connectivity index (χ0v) is 19.9. The maximum Gasteiger partial charge on any atom is 0.341 e. The van der Waals surface area contributed by atoms with Crippen LogP contribution in [-0.4, -0.2) is 58.3 Å².